The summed E-state index contributed by atoms with van der Waals surface area (Å²) in [6.45, 7) is 11.7. The highest BCUT2D eigenvalue weighted by molar-refractivity contribution is 5.78. The first-order valence-corrected chi connectivity index (χ1v) is 13.4. The van der Waals surface area contributed by atoms with Crippen LogP contribution in [0.4, 0.5) is 0 Å². The number of carbonyl (C=O) groups excluding carboxylic acids is 1. The highest BCUT2D eigenvalue weighted by Crippen LogP contribution is 2.32. The minimum atomic E-state index is -0.0487. The molecule has 0 saturated carbocycles. The molecule has 1 unspecified atom stereocenters. The Bertz CT molecular complexity index is 843. The van der Waals surface area contributed by atoms with Crippen molar-refractivity contribution in [3.63, 3.8) is 0 Å². The fourth-order valence-electron chi connectivity index (χ4n) is 4.25. The van der Waals surface area contributed by atoms with Gasteiger partial charge in [-0.1, -0.05) is 97.8 Å². The third-order valence-corrected chi connectivity index (χ3v) is 6.28. The molecule has 2 aromatic rings. The zero-order valence-corrected chi connectivity index (χ0v) is 22.2. The Hall–Kier alpha value is -2.36. The first-order valence-electron chi connectivity index (χ1n) is 13.4. The maximum atomic E-state index is 12.8. The number of hydrogen-bond donors (Lipinski definition) is 1. The maximum Gasteiger partial charge on any atom is 0.233 e. The number of carbonyl (C=O) groups is 1. The second kappa shape index (κ2) is 14.8. The van der Waals surface area contributed by atoms with Crippen molar-refractivity contribution in [1.29, 1.82) is 0 Å². The molecule has 0 saturated heterocycles. The van der Waals surface area contributed by atoms with Crippen LogP contribution < -0.4 is 14.6 Å². The number of ether oxygens (including phenoxy) is 1. The zero-order chi connectivity index (χ0) is 24.8. The molecule has 1 aromatic carbocycles. The van der Waals surface area contributed by atoms with Crippen LogP contribution in [0, 0.1) is 0 Å². The van der Waals surface area contributed by atoms with Gasteiger partial charge in [0.15, 0.2) is 12.4 Å². The summed E-state index contributed by atoms with van der Waals surface area (Å²) in [6.07, 6.45) is 15.5. The lowest BCUT2D eigenvalue weighted by atomic mass is 9.85. The average Bonchev–Trinajstić information content (AvgIpc) is 2.82. The molecule has 0 radical (unpaired) electrons. The standard InChI is InChI=1S/C30H46N2O2/c1-6-8-9-10-11-12-13-17-22-34-27-19-18-25(23-26(27)30(3,4)5)24-29(33)31-28(7-2)32-20-15-14-16-21-32/h14-16,18-21,23,28H,6-13,17,22,24H2,1-5H3/p+1. The molecular weight excluding hydrogens is 420 g/mol. The summed E-state index contributed by atoms with van der Waals surface area (Å²) in [5.41, 5.74) is 2.14. The molecule has 0 aliphatic carbocycles. The van der Waals surface area contributed by atoms with Gasteiger partial charge in [-0.25, -0.2) is 0 Å². The van der Waals surface area contributed by atoms with Gasteiger partial charge in [-0.2, -0.15) is 4.57 Å². The molecule has 4 nitrogen and oxygen atoms in total. The van der Waals surface area contributed by atoms with Gasteiger partial charge in [0.2, 0.25) is 12.1 Å². The lowest BCUT2D eigenvalue weighted by Gasteiger charge is -2.24. The lowest BCUT2D eigenvalue weighted by Crippen LogP contribution is -2.49. The third-order valence-electron chi connectivity index (χ3n) is 6.28. The van der Waals surface area contributed by atoms with E-state index in [0.717, 1.165) is 30.8 Å². The summed E-state index contributed by atoms with van der Waals surface area (Å²) in [4.78, 5) is 12.8. The van der Waals surface area contributed by atoms with E-state index in [1.54, 1.807) is 0 Å². The van der Waals surface area contributed by atoms with Crippen molar-refractivity contribution in [1.82, 2.24) is 5.32 Å². The van der Waals surface area contributed by atoms with Gasteiger partial charge in [-0.05, 0) is 29.0 Å². The quantitative estimate of drug-likeness (QED) is 0.225. The van der Waals surface area contributed by atoms with E-state index in [2.05, 4.69) is 52.1 Å². The van der Waals surface area contributed by atoms with Gasteiger partial charge in [0.25, 0.3) is 0 Å². The van der Waals surface area contributed by atoms with E-state index in [1.165, 1.54) is 50.5 Å². The van der Waals surface area contributed by atoms with Crippen molar-refractivity contribution in [2.24, 2.45) is 0 Å². The van der Waals surface area contributed by atoms with Gasteiger partial charge in [-0.3, -0.25) is 10.1 Å². The van der Waals surface area contributed by atoms with Crippen LogP contribution in [0.2, 0.25) is 0 Å². The molecule has 1 aromatic heterocycles. The first kappa shape index (κ1) is 27.9. The number of nitrogens with one attached hydrogen (secondary N) is 1. The van der Waals surface area contributed by atoms with E-state index < -0.39 is 0 Å². The van der Waals surface area contributed by atoms with Gasteiger partial charge >= 0.3 is 0 Å². The number of benzene rings is 1. The fourth-order valence-corrected chi connectivity index (χ4v) is 4.25. The van der Waals surface area contributed by atoms with Crippen LogP contribution in [0.25, 0.3) is 0 Å². The van der Waals surface area contributed by atoms with Gasteiger partial charge in [0, 0.05) is 18.6 Å². The molecule has 1 atom stereocenters. The van der Waals surface area contributed by atoms with E-state index >= 15 is 0 Å². The summed E-state index contributed by atoms with van der Waals surface area (Å²) in [5.74, 6) is 0.988. The SMILES string of the molecule is CCCCCCCCCCOc1ccc(CC(=O)NC(CC)[n+]2ccccc2)cc1C(C)(C)C. The van der Waals surface area contributed by atoms with Crippen molar-refractivity contribution in [2.45, 2.75) is 110 Å². The highest BCUT2D eigenvalue weighted by atomic mass is 16.5. The lowest BCUT2D eigenvalue weighted by molar-refractivity contribution is -0.727. The molecule has 0 bridgehead atoms. The first-order chi connectivity index (χ1) is 16.3. The number of rotatable bonds is 15. The molecule has 1 N–H and O–H groups in total. The topological polar surface area (TPSA) is 42.2 Å². The number of hydrogen-bond acceptors (Lipinski definition) is 2. The summed E-state index contributed by atoms with van der Waals surface area (Å²) in [7, 11) is 0. The van der Waals surface area contributed by atoms with Crippen molar-refractivity contribution < 1.29 is 14.1 Å². The van der Waals surface area contributed by atoms with Crippen molar-refractivity contribution in [2.75, 3.05) is 6.61 Å². The molecule has 1 amide bonds. The molecule has 34 heavy (non-hydrogen) atoms. The van der Waals surface area contributed by atoms with Gasteiger partial charge in [0.05, 0.1) is 13.0 Å². The zero-order valence-electron chi connectivity index (χ0n) is 22.2. The molecule has 1 heterocycles. The monoisotopic (exact) mass is 467 g/mol. The largest absolute Gasteiger partial charge is 0.493 e. The second-order valence-electron chi connectivity index (χ2n) is 10.4. The molecule has 0 spiro atoms. The number of nitrogens with zero attached hydrogens (tertiary/aromatic N) is 1. The number of pyridine rings is 1. The summed E-state index contributed by atoms with van der Waals surface area (Å²) in [6, 6.07) is 12.2. The van der Waals surface area contributed by atoms with E-state index in [4.69, 9.17) is 4.74 Å². The minimum Gasteiger partial charge on any atom is -0.493 e. The van der Waals surface area contributed by atoms with Crippen LogP contribution in [-0.2, 0) is 16.6 Å². The number of unbranched alkanes of at least 4 members (excludes halogenated alkanes) is 7. The Morgan fingerprint density at radius 2 is 1.59 bits per heavy atom. The van der Waals surface area contributed by atoms with Crippen LogP contribution in [0.3, 0.4) is 0 Å². The van der Waals surface area contributed by atoms with Gasteiger partial charge < -0.3 is 4.74 Å². The predicted molar refractivity (Wildman–Crippen MR) is 141 cm³/mol. The maximum absolute atomic E-state index is 12.8. The second-order valence-corrected chi connectivity index (χ2v) is 10.4. The third kappa shape index (κ3) is 9.87. The Balaban J connectivity index is 1.90. The fraction of sp³-hybridized carbons (Fsp3) is 0.600. The predicted octanol–water partition coefficient (Wildman–Crippen LogP) is 7.06. The Morgan fingerprint density at radius 3 is 2.21 bits per heavy atom. The molecule has 4 heteroatoms. The Labute approximate surface area is 208 Å². The van der Waals surface area contributed by atoms with Crippen LogP contribution in [0.15, 0.2) is 48.8 Å². The normalized spacial score (nSPS) is 12.4. The molecule has 188 valence electrons. The summed E-state index contributed by atoms with van der Waals surface area (Å²) in [5, 5.41) is 3.17. The molecular formula is C30H47N2O2+. The Kier molecular flexibility index (Phi) is 12.1. The molecule has 0 aliphatic rings. The number of aromatic nitrogens is 1. The van der Waals surface area contributed by atoms with Crippen molar-refractivity contribution in [3.05, 3.63) is 59.9 Å². The van der Waals surface area contributed by atoms with Crippen LogP contribution >= 0.6 is 0 Å². The van der Waals surface area contributed by atoms with E-state index in [-0.39, 0.29) is 17.5 Å². The van der Waals surface area contributed by atoms with E-state index in [9.17, 15) is 4.79 Å². The minimum absolute atomic E-state index is 0.0370. The number of amides is 1. The molecule has 0 fully saturated rings. The highest BCUT2D eigenvalue weighted by Gasteiger charge is 2.22. The smallest absolute Gasteiger partial charge is 0.233 e. The van der Waals surface area contributed by atoms with Gasteiger partial charge in [0.1, 0.15) is 5.75 Å². The van der Waals surface area contributed by atoms with E-state index in [1.807, 2.05) is 41.2 Å². The summed E-state index contributed by atoms with van der Waals surface area (Å²) < 4.78 is 8.25. The van der Waals surface area contributed by atoms with Crippen molar-refractivity contribution in [3.8, 4) is 5.75 Å². The Morgan fingerprint density at radius 1 is 0.941 bits per heavy atom. The summed E-state index contributed by atoms with van der Waals surface area (Å²) >= 11 is 0. The van der Waals surface area contributed by atoms with Gasteiger partial charge in [-0.15, -0.1) is 0 Å². The van der Waals surface area contributed by atoms with Crippen LogP contribution in [0.5, 0.6) is 5.75 Å². The van der Waals surface area contributed by atoms with E-state index in [0.29, 0.717) is 6.42 Å². The average molecular weight is 468 g/mol. The molecule has 2 rings (SSSR count). The molecule has 0 aliphatic heterocycles. The van der Waals surface area contributed by atoms with Crippen LogP contribution in [-0.4, -0.2) is 12.5 Å². The van der Waals surface area contributed by atoms with Crippen LogP contribution in [0.1, 0.15) is 110 Å². The van der Waals surface area contributed by atoms with Crippen molar-refractivity contribution >= 4 is 5.91 Å².